The maximum absolute atomic E-state index is 12.2. The van der Waals surface area contributed by atoms with Crippen LogP contribution in [0, 0.1) is 0 Å². The summed E-state index contributed by atoms with van der Waals surface area (Å²) in [6.45, 7) is 1.90. The van der Waals surface area contributed by atoms with Gasteiger partial charge < -0.3 is 10.1 Å². The van der Waals surface area contributed by atoms with E-state index in [0.29, 0.717) is 11.4 Å². The number of hydrogen-bond acceptors (Lipinski definition) is 5. The smallest absolute Gasteiger partial charge is 0.340 e. The second-order valence-corrected chi connectivity index (χ2v) is 7.18. The number of thiophene rings is 1. The number of ether oxygens (including phenoxy) is 1. The van der Waals surface area contributed by atoms with E-state index in [1.807, 2.05) is 17.5 Å². The van der Waals surface area contributed by atoms with Crippen molar-refractivity contribution in [1.82, 2.24) is 5.32 Å². The molecule has 23 heavy (non-hydrogen) atoms. The topological polar surface area (TPSA) is 72.5 Å². The van der Waals surface area contributed by atoms with Gasteiger partial charge in [0.05, 0.1) is 27.8 Å². The predicted molar refractivity (Wildman–Crippen MR) is 89.8 cm³/mol. The fraction of sp³-hybridized carbons (Fsp3) is 0.250. The lowest BCUT2D eigenvalue weighted by molar-refractivity contribution is -0.129. The summed E-state index contributed by atoms with van der Waals surface area (Å²) in [5, 5.41) is 4.64. The summed E-state index contributed by atoms with van der Waals surface area (Å²) in [6.07, 6.45) is 0.560. The third kappa shape index (κ3) is 4.74. The molecule has 1 heterocycles. The van der Waals surface area contributed by atoms with E-state index in [-0.39, 0.29) is 11.5 Å². The molecule has 0 aliphatic rings. The van der Waals surface area contributed by atoms with E-state index in [2.05, 4.69) is 5.32 Å². The van der Waals surface area contributed by atoms with Crippen LogP contribution in [-0.4, -0.2) is 28.4 Å². The Morgan fingerprint density at radius 1 is 1.26 bits per heavy atom. The van der Waals surface area contributed by atoms with Crippen molar-refractivity contribution in [3.8, 4) is 0 Å². The number of amides is 1. The van der Waals surface area contributed by atoms with Crippen LogP contribution in [0.3, 0.4) is 0 Å². The molecule has 2 aromatic rings. The number of benzene rings is 1. The molecule has 0 aliphatic heterocycles. The number of rotatable bonds is 6. The van der Waals surface area contributed by atoms with Crippen LogP contribution in [0.1, 0.15) is 22.2 Å². The van der Waals surface area contributed by atoms with Crippen LogP contribution >= 0.6 is 11.3 Å². The standard InChI is InChI=1S/C16H17NO4S2/c1-11(15(18)17-10-12-6-5-9-22-12)21-16(19)13-7-3-4-8-14(13)23(2)20/h3-9,11H,10H2,1-2H3,(H,17,18)/t11-,23+/m0/s1. The highest BCUT2D eigenvalue weighted by atomic mass is 32.2. The van der Waals surface area contributed by atoms with Gasteiger partial charge in [0.2, 0.25) is 0 Å². The van der Waals surface area contributed by atoms with Crippen molar-refractivity contribution in [2.75, 3.05) is 6.26 Å². The third-order valence-electron chi connectivity index (χ3n) is 3.09. The highest BCUT2D eigenvalue weighted by Crippen LogP contribution is 2.15. The fourth-order valence-electron chi connectivity index (χ4n) is 1.89. The summed E-state index contributed by atoms with van der Waals surface area (Å²) in [6, 6.07) is 10.3. The largest absolute Gasteiger partial charge is 0.449 e. The molecular weight excluding hydrogens is 334 g/mol. The molecular formula is C16H17NO4S2. The Balaban J connectivity index is 1.96. The van der Waals surface area contributed by atoms with Crippen molar-refractivity contribution >= 4 is 34.0 Å². The summed E-state index contributed by atoms with van der Waals surface area (Å²) in [7, 11) is -1.31. The van der Waals surface area contributed by atoms with Gasteiger partial charge in [0.25, 0.3) is 5.91 Å². The Morgan fingerprint density at radius 2 is 2.00 bits per heavy atom. The number of esters is 1. The lowest BCUT2D eigenvalue weighted by atomic mass is 10.2. The first-order valence-electron chi connectivity index (χ1n) is 6.92. The van der Waals surface area contributed by atoms with E-state index in [1.165, 1.54) is 30.6 Å². The third-order valence-corrected chi connectivity index (χ3v) is 4.94. The second kappa shape index (κ2) is 8.03. The van der Waals surface area contributed by atoms with E-state index >= 15 is 0 Å². The molecule has 2 rings (SSSR count). The van der Waals surface area contributed by atoms with Crippen molar-refractivity contribution < 1.29 is 18.5 Å². The first-order chi connectivity index (χ1) is 11.0. The van der Waals surface area contributed by atoms with E-state index < -0.39 is 22.9 Å². The zero-order valence-electron chi connectivity index (χ0n) is 12.8. The van der Waals surface area contributed by atoms with Crippen molar-refractivity contribution in [3.05, 3.63) is 52.2 Å². The molecule has 0 unspecified atom stereocenters. The van der Waals surface area contributed by atoms with Crippen LogP contribution in [-0.2, 0) is 26.9 Å². The lowest BCUT2D eigenvalue weighted by Gasteiger charge is -2.14. The van der Waals surface area contributed by atoms with Crippen LogP contribution in [0.5, 0.6) is 0 Å². The number of nitrogens with one attached hydrogen (secondary N) is 1. The number of hydrogen-bond donors (Lipinski definition) is 1. The van der Waals surface area contributed by atoms with Gasteiger partial charge in [-0.3, -0.25) is 9.00 Å². The maximum Gasteiger partial charge on any atom is 0.340 e. The van der Waals surface area contributed by atoms with Gasteiger partial charge in [0.15, 0.2) is 6.10 Å². The van der Waals surface area contributed by atoms with E-state index in [1.54, 1.807) is 18.2 Å². The van der Waals surface area contributed by atoms with Gasteiger partial charge >= 0.3 is 5.97 Å². The fourth-order valence-corrected chi connectivity index (χ4v) is 3.27. The van der Waals surface area contributed by atoms with E-state index in [0.717, 1.165) is 4.88 Å². The minimum absolute atomic E-state index is 0.214. The molecule has 0 saturated carbocycles. The molecule has 1 aromatic heterocycles. The summed E-state index contributed by atoms with van der Waals surface area (Å²) in [5.74, 6) is -1.03. The molecule has 0 radical (unpaired) electrons. The van der Waals surface area contributed by atoms with Crippen LogP contribution in [0.25, 0.3) is 0 Å². The van der Waals surface area contributed by atoms with Gasteiger partial charge in [-0.05, 0) is 30.5 Å². The minimum Gasteiger partial charge on any atom is -0.449 e. The molecule has 0 spiro atoms. The predicted octanol–water partition coefficient (Wildman–Crippen LogP) is 2.35. The molecule has 1 amide bonds. The van der Waals surface area contributed by atoms with Crippen LogP contribution < -0.4 is 5.32 Å². The summed E-state index contributed by atoms with van der Waals surface area (Å²) in [5.41, 5.74) is 0.214. The van der Waals surface area contributed by atoms with Gasteiger partial charge in [-0.15, -0.1) is 11.3 Å². The zero-order chi connectivity index (χ0) is 16.8. The maximum atomic E-state index is 12.2. The average Bonchev–Trinajstić information content (AvgIpc) is 3.05. The van der Waals surface area contributed by atoms with E-state index in [4.69, 9.17) is 4.74 Å². The Kier molecular flexibility index (Phi) is 6.06. The number of carbonyl (C=O) groups is 2. The van der Waals surface area contributed by atoms with Crippen molar-refractivity contribution in [3.63, 3.8) is 0 Å². The number of carbonyl (C=O) groups excluding carboxylic acids is 2. The molecule has 0 aliphatic carbocycles. The molecule has 7 heteroatoms. The zero-order valence-corrected chi connectivity index (χ0v) is 14.4. The van der Waals surface area contributed by atoms with Gasteiger partial charge in [0.1, 0.15) is 0 Å². The van der Waals surface area contributed by atoms with Crippen molar-refractivity contribution in [2.45, 2.75) is 24.5 Å². The minimum atomic E-state index is -1.31. The Labute approximate surface area is 141 Å². The summed E-state index contributed by atoms with van der Waals surface area (Å²) < 4.78 is 16.8. The molecule has 0 fully saturated rings. The lowest BCUT2D eigenvalue weighted by Crippen LogP contribution is -2.35. The van der Waals surface area contributed by atoms with Gasteiger partial charge in [-0.25, -0.2) is 4.79 Å². The Bertz CT molecular complexity index is 713. The SMILES string of the molecule is C[C@H](OC(=O)c1ccccc1[S@@](C)=O)C(=O)NCc1cccs1. The monoisotopic (exact) mass is 351 g/mol. The Hall–Kier alpha value is -1.99. The van der Waals surface area contributed by atoms with Crippen LogP contribution in [0.15, 0.2) is 46.7 Å². The molecule has 2 atom stereocenters. The molecule has 0 saturated heterocycles. The van der Waals surface area contributed by atoms with Crippen molar-refractivity contribution in [1.29, 1.82) is 0 Å². The normalized spacial score (nSPS) is 13.1. The highest BCUT2D eigenvalue weighted by molar-refractivity contribution is 7.84. The van der Waals surface area contributed by atoms with Gasteiger partial charge in [-0.2, -0.15) is 0 Å². The molecule has 1 N–H and O–H groups in total. The van der Waals surface area contributed by atoms with Gasteiger partial charge in [-0.1, -0.05) is 18.2 Å². The first kappa shape index (κ1) is 17.4. The molecule has 5 nitrogen and oxygen atoms in total. The van der Waals surface area contributed by atoms with Crippen molar-refractivity contribution in [2.24, 2.45) is 0 Å². The second-order valence-electron chi connectivity index (χ2n) is 4.79. The summed E-state index contributed by atoms with van der Waals surface area (Å²) in [4.78, 5) is 25.6. The molecule has 122 valence electrons. The highest BCUT2D eigenvalue weighted by Gasteiger charge is 2.21. The first-order valence-corrected chi connectivity index (χ1v) is 9.36. The van der Waals surface area contributed by atoms with Crippen LogP contribution in [0.2, 0.25) is 0 Å². The molecule has 1 aromatic carbocycles. The van der Waals surface area contributed by atoms with Crippen LogP contribution in [0.4, 0.5) is 0 Å². The molecule has 0 bridgehead atoms. The average molecular weight is 351 g/mol. The Morgan fingerprint density at radius 3 is 2.65 bits per heavy atom. The summed E-state index contributed by atoms with van der Waals surface area (Å²) >= 11 is 1.54. The van der Waals surface area contributed by atoms with E-state index in [9.17, 15) is 13.8 Å². The van der Waals surface area contributed by atoms with Gasteiger partial charge in [0, 0.05) is 11.1 Å². The quantitative estimate of drug-likeness (QED) is 0.811.